The molecule has 0 aliphatic carbocycles. The normalized spacial score (nSPS) is 12.7. The van der Waals surface area contributed by atoms with E-state index in [1.165, 1.54) is 244 Å². The van der Waals surface area contributed by atoms with Crippen molar-refractivity contribution >= 4 is 5.91 Å². The van der Waals surface area contributed by atoms with Gasteiger partial charge in [0.25, 0.3) is 0 Å². The molecule has 0 spiro atoms. The van der Waals surface area contributed by atoms with Gasteiger partial charge in [-0.25, -0.2) is 0 Å². The summed E-state index contributed by atoms with van der Waals surface area (Å²) in [5.74, 6) is -0.0320. The standard InChI is InChI=1S/C50H101NO3/c1-3-5-7-9-10-11-12-13-14-15-16-17-18-19-20-21-22-23-24-25-26-27-28-29-30-31-32-33-34-35-36-37-38-39-40-42-44-46-50(54)51-48(47-52)49(53)45-43-41-8-6-4-2/h48-49,52-53H,3-47H2,1-2H3,(H,51,54). The SMILES string of the molecule is CCCCCCCCCCCCCCCCCCCCCCCCCCCCCCCCCCCCCCCC(=O)NC(CO)C(O)CCCCCCC. The van der Waals surface area contributed by atoms with E-state index in [1.54, 1.807) is 0 Å². The summed E-state index contributed by atoms with van der Waals surface area (Å²) in [5, 5.41) is 22.8. The van der Waals surface area contributed by atoms with Gasteiger partial charge in [0.2, 0.25) is 5.91 Å². The van der Waals surface area contributed by atoms with E-state index in [-0.39, 0.29) is 12.5 Å². The zero-order chi connectivity index (χ0) is 39.3. The first-order valence-electron chi connectivity index (χ1n) is 25.2. The zero-order valence-electron chi connectivity index (χ0n) is 37.3. The third-order valence-electron chi connectivity index (χ3n) is 12.1. The minimum absolute atomic E-state index is 0.0320. The van der Waals surface area contributed by atoms with E-state index in [1.807, 2.05) is 0 Å². The molecule has 54 heavy (non-hydrogen) atoms. The van der Waals surface area contributed by atoms with Gasteiger partial charge in [-0.3, -0.25) is 4.79 Å². The van der Waals surface area contributed by atoms with E-state index in [0.717, 1.165) is 25.7 Å². The van der Waals surface area contributed by atoms with Gasteiger partial charge in [-0.05, 0) is 12.8 Å². The van der Waals surface area contributed by atoms with Gasteiger partial charge in [-0.15, -0.1) is 0 Å². The molecular formula is C50H101NO3. The van der Waals surface area contributed by atoms with Crippen LogP contribution >= 0.6 is 0 Å². The van der Waals surface area contributed by atoms with E-state index in [4.69, 9.17) is 0 Å². The van der Waals surface area contributed by atoms with Crippen molar-refractivity contribution in [3.63, 3.8) is 0 Å². The summed E-state index contributed by atoms with van der Waals surface area (Å²) in [5.41, 5.74) is 0. The summed E-state index contributed by atoms with van der Waals surface area (Å²) in [6, 6.07) is -0.526. The molecule has 0 saturated heterocycles. The number of carbonyl (C=O) groups excluding carboxylic acids is 1. The Bertz CT molecular complexity index is 699. The minimum atomic E-state index is -0.650. The highest BCUT2D eigenvalue weighted by molar-refractivity contribution is 5.76. The Morgan fingerprint density at radius 3 is 0.833 bits per heavy atom. The highest BCUT2D eigenvalue weighted by Crippen LogP contribution is 2.18. The Morgan fingerprint density at radius 1 is 0.370 bits per heavy atom. The van der Waals surface area contributed by atoms with Gasteiger partial charge in [0.1, 0.15) is 0 Å². The van der Waals surface area contributed by atoms with Crippen molar-refractivity contribution in [1.82, 2.24) is 5.32 Å². The fraction of sp³-hybridized carbons (Fsp3) is 0.980. The Kier molecular flexibility index (Phi) is 46.2. The highest BCUT2D eigenvalue weighted by Gasteiger charge is 2.20. The van der Waals surface area contributed by atoms with Crippen molar-refractivity contribution in [1.29, 1.82) is 0 Å². The summed E-state index contributed by atoms with van der Waals surface area (Å²) in [7, 11) is 0. The van der Waals surface area contributed by atoms with Crippen LogP contribution in [-0.4, -0.2) is 34.9 Å². The number of aliphatic hydroxyl groups is 2. The van der Waals surface area contributed by atoms with Crippen LogP contribution < -0.4 is 5.32 Å². The van der Waals surface area contributed by atoms with Crippen molar-refractivity contribution < 1.29 is 15.0 Å². The lowest BCUT2D eigenvalue weighted by molar-refractivity contribution is -0.123. The van der Waals surface area contributed by atoms with Gasteiger partial charge >= 0.3 is 0 Å². The van der Waals surface area contributed by atoms with Crippen LogP contribution in [0.5, 0.6) is 0 Å². The Morgan fingerprint density at radius 2 is 0.593 bits per heavy atom. The van der Waals surface area contributed by atoms with Gasteiger partial charge < -0.3 is 15.5 Å². The average molecular weight is 764 g/mol. The third kappa shape index (κ3) is 42.5. The largest absolute Gasteiger partial charge is 0.394 e. The maximum Gasteiger partial charge on any atom is 0.220 e. The zero-order valence-corrected chi connectivity index (χ0v) is 37.3. The molecule has 0 aromatic rings. The smallest absolute Gasteiger partial charge is 0.220 e. The predicted molar refractivity (Wildman–Crippen MR) is 240 cm³/mol. The van der Waals surface area contributed by atoms with E-state index in [2.05, 4.69) is 19.2 Å². The molecule has 324 valence electrons. The molecule has 0 aromatic heterocycles. The van der Waals surface area contributed by atoms with Crippen molar-refractivity contribution in [2.75, 3.05) is 6.61 Å². The molecule has 4 nitrogen and oxygen atoms in total. The molecule has 0 aliphatic heterocycles. The maximum atomic E-state index is 12.3. The number of nitrogens with one attached hydrogen (secondary N) is 1. The van der Waals surface area contributed by atoms with Crippen LogP contribution in [0.3, 0.4) is 0 Å². The lowest BCUT2D eigenvalue weighted by Crippen LogP contribution is -2.45. The highest BCUT2D eigenvalue weighted by atomic mass is 16.3. The van der Waals surface area contributed by atoms with Crippen molar-refractivity contribution in [3.05, 3.63) is 0 Å². The van der Waals surface area contributed by atoms with Gasteiger partial charge in [0.15, 0.2) is 0 Å². The van der Waals surface area contributed by atoms with Crippen molar-refractivity contribution in [2.45, 2.75) is 309 Å². The molecule has 3 N–H and O–H groups in total. The van der Waals surface area contributed by atoms with Crippen LogP contribution in [0.25, 0.3) is 0 Å². The van der Waals surface area contributed by atoms with Gasteiger partial charge in [-0.1, -0.05) is 277 Å². The average Bonchev–Trinajstić information content (AvgIpc) is 3.18. The maximum absolute atomic E-state index is 12.3. The van der Waals surface area contributed by atoms with Crippen LogP contribution in [0.1, 0.15) is 296 Å². The second kappa shape index (κ2) is 46.8. The summed E-state index contributed by atoms with van der Waals surface area (Å²) in [4.78, 5) is 12.3. The molecule has 0 saturated carbocycles. The van der Waals surface area contributed by atoms with Crippen LogP contribution in [0, 0.1) is 0 Å². The monoisotopic (exact) mass is 764 g/mol. The number of aliphatic hydroxyl groups excluding tert-OH is 2. The number of rotatable bonds is 47. The molecular weight excluding hydrogens is 663 g/mol. The molecule has 2 atom stereocenters. The van der Waals surface area contributed by atoms with Crippen LogP contribution in [-0.2, 0) is 4.79 Å². The van der Waals surface area contributed by atoms with E-state index >= 15 is 0 Å². The molecule has 0 radical (unpaired) electrons. The second-order valence-electron chi connectivity index (χ2n) is 17.6. The quantitative estimate of drug-likeness (QED) is 0.0541. The number of hydrogen-bond donors (Lipinski definition) is 3. The van der Waals surface area contributed by atoms with Crippen LogP contribution in [0.4, 0.5) is 0 Å². The summed E-state index contributed by atoms with van der Waals surface area (Å²) in [6.45, 7) is 4.31. The predicted octanol–water partition coefficient (Wildman–Crippen LogP) is 16.0. The lowest BCUT2D eigenvalue weighted by Gasteiger charge is -2.22. The summed E-state index contributed by atoms with van der Waals surface area (Å²) >= 11 is 0. The fourth-order valence-electron chi connectivity index (χ4n) is 8.25. The first kappa shape index (κ1) is 53.4. The Labute approximate surface area is 340 Å². The molecule has 2 unspecified atom stereocenters. The Balaban J connectivity index is 3.24. The first-order chi connectivity index (χ1) is 26.7. The molecule has 0 rings (SSSR count). The van der Waals surface area contributed by atoms with Gasteiger partial charge in [0, 0.05) is 6.42 Å². The summed E-state index contributed by atoms with van der Waals surface area (Å²) in [6.07, 6.45) is 58.5. The molecule has 0 heterocycles. The molecule has 0 fully saturated rings. The van der Waals surface area contributed by atoms with Crippen molar-refractivity contribution in [2.24, 2.45) is 0 Å². The van der Waals surface area contributed by atoms with Crippen molar-refractivity contribution in [3.8, 4) is 0 Å². The molecule has 1 amide bonds. The second-order valence-corrected chi connectivity index (χ2v) is 17.6. The third-order valence-corrected chi connectivity index (χ3v) is 12.1. The number of unbranched alkanes of at least 4 members (excludes halogenated alkanes) is 40. The lowest BCUT2D eigenvalue weighted by atomic mass is 10.0. The number of hydrogen-bond acceptors (Lipinski definition) is 3. The van der Waals surface area contributed by atoms with Gasteiger partial charge in [-0.2, -0.15) is 0 Å². The topological polar surface area (TPSA) is 69.6 Å². The fourth-order valence-corrected chi connectivity index (χ4v) is 8.25. The molecule has 0 aromatic carbocycles. The minimum Gasteiger partial charge on any atom is -0.394 e. The van der Waals surface area contributed by atoms with E-state index in [0.29, 0.717) is 12.8 Å². The molecule has 4 heteroatoms. The number of amides is 1. The van der Waals surface area contributed by atoms with Crippen LogP contribution in [0.15, 0.2) is 0 Å². The first-order valence-corrected chi connectivity index (χ1v) is 25.2. The van der Waals surface area contributed by atoms with E-state index < -0.39 is 12.1 Å². The van der Waals surface area contributed by atoms with E-state index in [9.17, 15) is 15.0 Å². The molecule has 0 bridgehead atoms. The van der Waals surface area contributed by atoms with Gasteiger partial charge in [0.05, 0.1) is 18.8 Å². The summed E-state index contributed by atoms with van der Waals surface area (Å²) < 4.78 is 0. The Hall–Kier alpha value is -0.610. The molecule has 0 aliphatic rings. The van der Waals surface area contributed by atoms with Crippen LogP contribution in [0.2, 0.25) is 0 Å². The number of carbonyl (C=O) groups is 1.